The van der Waals surface area contributed by atoms with Crippen LogP contribution in [0, 0.1) is 5.92 Å². The van der Waals surface area contributed by atoms with E-state index in [1.807, 2.05) is 0 Å². The Labute approximate surface area is 142 Å². The highest BCUT2D eigenvalue weighted by Gasteiger charge is 2.58. The van der Waals surface area contributed by atoms with Gasteiger partial charge in [-0.1, -0.05) is 23.2 Å². The van der Waals surface area contributed by atoms with Gasteiger partial charge in [-0.25, -0.2) is 8.42 Å². The molecule has 1 unspecified atom stereocenters. The Morgan fingerprint density at radius 3 is 2.17 bits per heavy atom. The molecule has 0 bridgehead atoms. The molecule has 0 spiro atoms. The molecule has 0 saturated carbocycles. The van der Waals surface area contributed by atoms with E-state index >= 15 is 0 Å². The van der Waals surface area contributed by atoms with Gasteiger partial charge in [-0.2, -0.15) is 4.31 Å². The third kappa shape index (κ3) is 2.91. The molecular formula is C13H13Cl2NO6S. The molecule has 126 valence electrons. The van der Waals surface area contributed by atoms with E-state index in [1.165, 1.54) is 6.07 Å². The molecule has 1 aliphatic rings. The maximum atomic E-state index is 12.8. The van der Waals surface area contributed by atoms with E-state index in [0.29, 0.717) is 4.31 Å². The lowest BCUT2D eigenvalue weighted by Gasteiger charge is -2.32. The number of hydrogen-bond donors (Lipinski definition) is 2. The Kier molecular flexibility index (Phi) is 4.64. The van der Waals surface area contributed by atoms with Gasteiger partial charge in [0.25, 0.3) is 0 Å². The Morgan fingerprint density at radius 1 is 1.22 bits per heavy atom. The summed E-state index contributed by atoms with van der Waals surface area (Å²) in [4.78, 5) is 22.7. The first kappa shape index (κ1) is 18.0. The van der Waals surface area contributed by atoms with Crippen LogP contribution in [0.4, 0.5) is 0 Å². The van der Waals surface area contributed by atoms with Crippen LogP contribution >= 0.6 is 23.2 Å². The predicted molar refractivity (Wildman–Crippen MR) is 82.1 cm³/mol. The number of carbonyl (C=O) groups is 2. The third-order valence-corrected chi connectivity index (χ3v) is 6.38. The van der Waals surface area contributed by atoms with Gasteiger partial charge in [0, 0.05) is 16.6 Å². The molecule has 0 aromatic heterocycles. The first-order chi connectivity index (χ1) is 10.5. The highest BCUT2D eigenvalue weighted by molar-refractivity contribution is 7.89. The lowest BCUT2D eigenvalue weighted by Crippen LogP contribution is -2.55. The van der Waals surface area contributed by atoms with Crippen molar-refractivity contribution in [3.8, 4) is 0 Å². The molecule has 1 heterocycles. The number of halogens is 2. The number of carboxylic acids is 2. The topological polar surface area (TPSA) is 112 Å². The fourth-order valence-corrected chi connectivity index (χ4v) is 5.24. The highest BCUT2D eigenvalue weighted by Crippen LogP contribution is 2.40. The number of nitrogens with zero attached hydrogens (tertiary/aromatic N) is 1. The SMILES string of the molecule is CC1(C(=O)O)[C@H](C(=O)O)CCN1S(=O)(=O)c1cc(Cl)cc(Cl)c1. The van der Waals surface area contributed by atoms with Crippen LogP contribution in [0.3, 0.4) is 0 Å². The molecule has 7 nitrogen and oxygen atoms in total. The second-order valence-electron chi connectivity index (χ2n) is 5.31. The first-order valence-electron chi connectivity index (χ1n) is 6.46. The molecule has 1 fully saturated rings. The summed E-state index contributed by atoms with van der Waals surface area (Å²) in [6, 6.07) is 3.61. The van der Waals surface area contributed by atoms with Gasteiger partial charge in [-0.15, -0.1) is 0 Å². The average Bonchev–Trinajstić information content (AvgIpc) is 2.77. The standard InChI is InChI=1S/C13H13Cl2NO6S/c1-13(12(19)20)10(11(17)18)2-3-16(13)23(21,22)9-5-7(14)4-8(15)6-9/h4-6,10H,2-3H2,1H3,(H,17,18)(H,19,20)/t10-,13?/m0/s1. The number of aliphatic carboxylic acids is 2. The second-order valence-corrected chi connectivity index (χ2v) is 8.05. The van der Waals surface area contributed by atoms with Crippen molar-refractivity contribution in [2.75, 3.05) is 6.54 Å². The molecule has 0 amide bonds. The summed E-state index contributed by atoms with van der Waals surface area (Å²) < 4.78 is 26.2. The summed E-state index contributed by atoms with van der Waals surface area (Å²) in [5.74, 6) is -4.25. The zero-order chi connectivity index (χ0) is 17.6. The van der Waals surface area contributed by atoms with Crippen molar-refractivity contribution in [1.82, 2.24) is 4.31 Å². The van der Waals surface area contributed by atoms with Gasteiger partial charge in [0.05, 0.1) is 10.8 Å². The second kappa shape index (κ2) is 5.94. The highest BCUT2D eigenvalue weighted by atomic mass is 35.5. The van der Waals surface area contributed by atoms with Crippen LogP contribution in [0.25, 0.3) is 0 Å². The zero-order valence-corrected chi connectivity index (χ0v) is 14.2. The smallest absolute Gasteiger partial charge is 0.325 e. The maximum Gasteiger partial charge on any atom is 0.325 e. The van der Waals surface area contributed by atoms with E-state index < -0.39 is 33.4 Å². The Balaban J connectivity index is 2.59. The van der Waals surface area contributed by atoms with Crippen LogP contribution in [0.15, 0.2) is 23.1 Å². The lowest BCUT2D eigenvalue weighted by atomic mass is 9.87. The summed E-state index contributed by atoms with van der Waals surface area (Å²) in [5, 5.41) is 18.8. The Hall–Kier alpha value is -1.35. The number of benzene rings is 1. The molecule has 10 heteroatoms. The minimum Gasteiger partial charge on any atom is -0.481 e. The normalized spacial score (nSPS) is 25.4. The first-order valence-corrected chi connectivity index (χ1v) is 8.66. The van der Waals surface area contributed by atoms with Gasteiger partial charge in [0.2, 0.25) is 10.0 Å². The van der Waals surface area contributed by atoms with Gasteiger partial charge in [-0.05, 0) is 31.5 Å². The lowest BCUT2D eigenvalue weighted by molar-refractivity contribution is -0.156. The summed E-state index contributed by atoms with van der Waals surface area (Å²) >= 11 is 11.6. The van der Waals surface area contributed by atoms with Gasteiger partial charge < -0.3 is 10.2 Å². The molecule has 23 heavy (non-hydrogen) atoms. The quantitative estimate of drug-likeness (QED) is 0.823. The fraction of sp³-hybridized carbons (Fsp3) is 0.385. The van der Waals surface area contributed by atoms with Crippen LogP contribution in [0.1, 0.15) is 13.3 Å². The Morgan fingerprint density at radius 2 is 1.74 bits per heavy atom. The van der Waals surface area contributed by atoms with Crippen molar-refractivity contribution in [2.24, 2.45) is 5.92 Å². The third-order valence-electron chi connectivity index (χ3n) is 3.97. The zero-order valence-electron chi connectivity index (χ0n) is 11.9. The summed E-state index contributed by atoms with van der Waals surface area (Å²) in [7, 11) is -4.28. The number of carboxylic acid groups (broad SMARTS) is 2. The van der Waals surface area contributed by atoms with E-state index in [0.717, 1.165) is 19.1 Å². The number of sulfonamides is 1. The number of hydrogen-bond acceptors (Lipinski definition) is 4. The van der Waals surface area contributed by atoms with Crippen LogP contribution in [0.2, 0.25) is 10.0 Å². The largest absolute Gasteiger partial charge is 0.481 e. The van der Waals surface area contributed by atoms with E-state index in [9.17, 15) is 28.2 Å². The van der Waals surface area contributed by atoms with Crippen molar-refractivity contribution in [2.45, 2.75) is 23.8 Å². The predicted octanol–water partition coefficient (Wildman–Crippen LogP) is 1.93. The monoisotopic (exact) mass is 381 g/mol. The van der Waals surface area contributed by atoms with Crippen molar-refractivity contribution in [1.29, 1.82) is 0 Å². The van der Waals surface area contributed by atoms with E-state index in [1.54, 1.807) is 0 Å². The van der Waals surface area contributed by atoms with Crippen LogP contribution in [0.5, 0.6) is 0 Å². The van der Waals surface area contributed by atoms with Crippen LogP contribution in [-0.4, -0.2) is 47.0 Å². The fourth-order valence-electron chi connectivity index (χ4n) is 2.73. The summed E-state index contributed by atoms with van der Waals surface area (Å²) in [6.07, 6.45) is -0.105. The molecule has 1 aromatic carbocycles. The molecule has 0 aliphatic carbocycles. The van der Waals surface area contributed by atoms with Gasteiger partial charge in [0.15, 0.2) is 0 Å². The van der Waals surface area contributed by atoms with Crippen molar-refractivity contribution >= 4 is 45.2 Å². The van der Waals surface area contributed by atoms with Crippen molar-refractivity contribution in [3.05, 3.63) is 28.2 Å². The van der Waals surface area contributed by atoms with E-state index in [-0.39, 0.29) is 27.9 Å². The van der Waals surface area contributed by atoms with Crippen molar-refractivity contribution in [3.63, 3.8) is 0 Å². The van der Waals surface area contributed by atoms with Crippen molar-refractivity contribution < 1.29 is 28.2 Å². The van der Waals surface area contributed by atoms with E-state index in [4.69, 9.17) is 23.2 Å². The molecule has 1 saturated heterocycles. The molecular weight excluding hydrogens is 369 g/mol. The molecule has 2 rings (SSSR count). The molecule has 2 atom stereocenters. The minimum absolute atomic E-state index is 0.0714. The maximum absolute atomic E-state index is 12.8. The molecule has 1 aromatic rings. The minimum atomic E-state index is -4.28. The number of rotatable bonds is 4. The molecule has 0 radical (unpaired) electrons. The molecule has 1 aliphatic heterocycles. The van der Waals surface area contributed by atoms with Gasteiger partial charge in [-0.3, -0.25) is 9.59 Å². The van der Waals surface area contributed by atoms with Crippen LogP contribution < -0.4 is 0 Å². The Bertz CT molecular complexity index is 760. The molecule has 2 N–H and O–H groups in total. The van der Waals surface area contributed by atoms with E-state index in [2.05, 4.69) is 0 Å². The van der Waals surface area contributed by atoms with Crippen LogP contribution in [-0.2, 0) is 19.6 Å². The van der Waals surface area contributed by atoms with Gasteiger partial charge in [0.1, 0.15) is 5.54 Å². The van der Waals surface area contributed by atoms with Gasteiger partial charge >= 0.3 is 11.9 Å². The summed E-state index contributed by atoms with van der Waals surface area (Å²) in [6.45, 7) is 0.858. The average molecular weight is 382 g/mol. The summed E-state index contributed by atoms with van der Waals surface area (Å²) in [5.41, 5.74) is -2.10.